The largest absolute Gasteiger partial charge is 0.496 e. The van der Waals surface area contributed by atoms with Crippen molar-refractivity contribution in [1.29, 1.82) is 0 Å². The molecule has 21 heavy (non-hydrogen) atoms. The van der Waals surface area contributed by atoms with Crippen LogP contribution in [-0.4, -0.2) is 42.6 Å². The summed E-state index contributed by atoms with van der Waals surface area (Å²) < 4.78 is 9.94. The van der Waals surface area contributed by atoms with Crippen molar-refractivity contribution in [2.24, 2.45) is 0 Å². The average molecular weight is 294 g/mol. The number of esters is 1. The van der Waals surface area contributed by atoms with Gasteiger partial charge in [0.2, 0.25) is 0 Å². The maximum absolute atomic E-state index is 11.5. The molecule has 0 spiro atoms. The Labute approximate surface area is 122 Å². The van der Waals surface area contributed by atoms with Crippen molar-refractivity contribution in [3.63, 3.8) is 0 Å². The fourth-order valence-corrected chi connectivity index (χ4v) is 2.21. The molecule has 0 N–H and O–H groups in total. The van der Waals surface area contributed by atoms with E-state index in [1.165, 1.54) is 26.4 Å². The third-order valence-corrected chi connectivity index (χ3v) is 3.47. The lowest BCUT2D eigenvalue weighted by Crippen LogP contribution is -2.32. The number of nitro groups is 1. The van der Waals surface area contributed by atoms with E-state index >= 15 is 0 Å². The van der Waals surface area contributed by atoms with Crippen LogP contribution in [0.1, 0.15) is 18.4 Å². The molecule has 0 saturated heterocycles. The lowest BCUT2D eigenvalue weighted by molar-refractivity contribution is -0.385. The predicted molar refractivity (Wildman–Crippen MR) is 75.1 cm³/mol. The van der Waals surface area contributed by atoms with Gasteiger partial charge in [-0.05, 0) is 18.9 Å². The fourth-order valence-electron chi connectivity index (χ4n) is 2.21. The van der Waals surface area contributed by atoms with Crippen molar-refractivity contribution in [3.05, 3.63) is 33.9 Å². The molecule has 0 heterocycles. The molecule has 1 fully saturated rings. The van der Waals surface area contributed by atoms with Gasteiger partial charge >= 0.3 is 5.97 Å². The van der Waals surface area contributed by atoms with Gasteiger partial charge in [0, 0.05) is 30.3 Å². The number of ether oxygens (including phenoxy) is 2. The van der Waals surface area contributed by atoms with E-state index in [1.54, 1.807) is 6.07 Å². The summed E-state index contributed by atoms with van der Waals surface area (Å²) in [5, 5.41) is 10.9. The summed E-state index contributed by atoms with van der Waals surface area (Å²) in [6, 6.07) is 4.81. The molecule has 1 aromatic rings. The summed E-state index contributed by atoms with van der Waals surface area (Å²) in [4.78, 5) is 23.9. The van der Waals surface area contributed by atoms with Gasteiger partial charge < -0.3 is 9.47 Å². The minimum atomic E-state index is -0.440. The van der Waals surface area contributed by atoms with Crippen molar-refractivity contribution in [3.8, 4) is 5.75 Å². The van der Waals surface area contributed by atoms with E-state index in [1.807, 2.05) is 4.90 Å². The van der Waals surface area contributed by atoms with Crippen LogP contribution in [0.25, 0.3) is 0 Å². The summed E-state index contributed by atoms with van der Waals surface area (Å²) in [6.45, 7) is 0.595. The van der Waals surface area contributed by atoms with E-state index in [0.29, 0.717) is 23.9 Å². The molecule has 0 bridgehead atoms. The first-order chi connectivity index (χ1) is 10.0. The van der Waals surface area contributed by atoms with Crippen molar-refractivity contribution >= 4 is 11.7 Å². The molecule has 1 saturated carbocycles. The maximum Gasteiger partial charge on any atom is 0.319 e. The van der Waals surface area contributed by atoms with Gasteiger partial charge in [-0.25, -0.2) is 0 Å². The zero-order valence-electron chi connectivity index (χ0n) is 12.1. The number of carbonyl (C=O) groups is 1. The Balaban J connectivity index is 2.20. The summed E-state index contributed by atoms with van der Waals surface area (Å²) in [7, 11) is 2.87. The van der Waals surface area contributed by atoms with Gasteiger partial charge in [-0.1, -0.05) is 0 Å². The summed E-state index contributed by atoms with van der Waals surface area (Å²) >= 11 is 0. The van der Waals surface area contributed by atoms with Gasteiger partial charge in [-0.15, -0.1) is 0 Å². The van der Waals surface area contributed by atoms with Gasteiger partial charge in [-0.2, -0.15) is 0 Å². The molecule has 1 aliphatic rings. The molecule has 1 aliphatic carbocycles. The van der Waals surface area contributed by atoms with Crippen LogP contribution in [0, 0.1) is 10.1 Å². The number of hydrogen-bond acceptors (Lipinski definition) is 6. The molecule has 0 aromatic heterocycles. The van der Waals surface area contributed by atoms with Crippen molar-refractivity contribution < 1.29 is 19.2 Å². The molecule has 0 atom stereocenters. The Morgan fingerprint density at radius 3 is 2.67 bits per heavy atom. The summed E-state index contributed by atoms with van der Waals surface area (Å²) in [6.07, 6.45) is 2.04. The molecule has 1 aromatic carbocycles. The number of benzene rings is 1. The monoisotopic (exact) mass is 294 g/mol. The van der Waals surface area contributed by atoms with Crippen LogP contribution in [0.3, 0.4) is 0 Å². The minimum absolute atomic E-state index is 0.0135. The van der Waals surface area contributed by atoms with Crippen LogP contribution in [0.15, 0.2) is 18.2 Å². The first-order valence-corrected chi connectivity index (χ1v) is 6.67. The third kappa shape index (κ3) is 3.91. The molecular formula is C14H18N2O5. The Hall–Kier alpha value is -2.15. The van der Waals surface area contributed by atoms with Crippen LogP contribution in [-0.2, 0) is 16.1 Å². The van der Waals surface area contributed by atoms with Crippen LogP contribution in [0.2, 0.25) is 0 Å². The van der Waals surface area contributed by atoms with E-state index in [-0.39, 0.29) is 18.2 Å². The lowest BCUT2D eigenvalue weighted by atomic mass is 10.1. The fraction of sp³-hybridized carbons (Fsp3) is 0.500. The number of carbonyl (C=O) groups excluding carboxylic acids is 1. The van der Waals surface area contributed by atoms with Gasteiger partial charge in [0.25, 0.3) is 5.69 Å². The quantitative estimate of drug-likeness (QED) is 0.433. The van der Waals surface area contributed by atoms with Gasteiger partial charge in [0.1, 0.15) is 5.75 Å². The second kappa shape index (κ2) is 6.53. The highest BCUT2D eigenvalue weighted by Gasteiger charge is 2.31. The van der Waals surface area contributed by atoms with Gasteiger partial charge in [0.15, 0.2) is 0 Å². The van der Waals surface area contributed by atoms with Crippen molar-refractivity contribution in [1.82, 2.24) is 4.90 Å². The first-order valence-electron chi connectivity index (χ1n) is 6.67. The van der Waals surface area contributed by atoms with Crippen LogP contribution in [0.4, 0.5) is 5.69 Å². The number of non-ortho nitro benzene ring substituents is 1. The van der Waals surface area contributed by atoms with E-state index in [4.69, 9.17) is 9.47 Å². The number of nitrogens with zero attached hydrogens (tertiary/aromatic N) is 2. The molecular weight excluding hydrogens is 276 g/mol. The molecule has 0 aliphatic heterocycles. The van der Waals surface area contributed by atoms with E-state index in [2.05, 4.69) is 0 Å². The SMILES string of the molecule is COC(=O)CN(Cc1cc([N+](=O)[O-])ccc1OC)C1CC1. The maximum atomic E-state index is 11.5. The Bertz CT molecular complexity index is 542. The highest BCUT2D eigenvalue weighted by molar-refractivity contribution is 5.71. The Morgan fingerprint density at radius 2 is 2.14 bits per heavy atom. The van der Waals surface area contributed by atoms with E-state index in [0.717, 1.165) is 12.8 Å². The zero-order valence-corrected chi connectivity index (χ0v) is 12.1. The molecule has 7 nitrogen and oxygen atoms in total. The number of rotatable bonds is 7. The van der Waals surface area contributed by atoms with Gasteiger partial charge in [-0.3, -0.25) is 19.8 Å². The molecule has 0 amide bonds. The second-order valence-electron chi connectivity index (χ2n) is 4.97. The van der Waals surface area contributed by atoms with E-state index in [9.17, 15) is 14.9 Å². The second-order valence-corrected chi connectivity index (χ2v) is 4.97. The standard InChI is InChI=1S/C14H18N2O5/c1-20-13-6-5-12(16(18)19)7-10(13)8-15(11-3-4-11)9-14(17)21-2/h5-7,11H,3-4,8-9H2,1-2H3. The highest BCUT2D eigenvalue weighted by atomic mass is 16.6. The van der Waals surface area contributed by atoms with Gasteiger partial charge in [0.05, 0.1) is 25.7 Å². The van der Waals surface area contributed by atoms with Crippen molar-refractivity contribution in [2.75, 3.05) is 20.8 Å². The number of nitro benzene ring substituents is 1. The van der Waals surface area contributed by atoms with Crippen molar-refractivity contribution in [2.45, 2.75) is 25.4 Å². The molecule has 0 unspecified atom stereocenters. The molecule has 2 rings (SSSR count). The predicted octanol–water partition coefficient (Wildman–Crippen LogP) is 1.74. The number of hydrogen-bond donors (Lipinski definition) is 0. The highest BCUT2D eigenvalue weighted by Crippen LogP contribution is 2.31. The average Bonchev–Trinajstić information content (AvgIpc) is 3.30. The van der Waals surface area contributed by atoms with Crippen LogP contribution >= 0.6 is 0 Å². The smallest absolute Gasteiger partial charge is 0.319 e. The Morgan fingerprint density at radius 1 is 1.43 bits per heavy atom. The van der Waals surface area contributed by atoms with E-state index < -0.39 is 4.92 Å². The summed E-state index contributed by atoms with van der Waals surface area (Å²) in [5.41, 5.74) is 0.710. The minimum Gasteiger partial charge on any atom is -0.496 e. The molecule has 0 radical (unpaired) electrons. The normalized spacial score (nSPS) is 14.0. The lowest BCUT2D eigenvalue weighted by Gasteiger charge is -2.21. The van der Waals surface area contributed by atoms with Crippen LogP contribution < -0.4 is 4.74 Å². The third-order valence-electron chi connectivity index (χ3n) is 3.47. The zero-order chi connectivity index (χ0) is 15.4. The Kier molecular flexibility index (Phi) is 4.74. The van der Waals surface area contributed by atoms with Crippen LogP contribution in [0.5, 0.6) is 5.75 Å². The topological polar surface area (TPSA) is 81.9 Å². The number of methoxy groups -OCH3 is 2. The summed E-state index contributed by atoms with van der Waals surface area (Å²) in [5.74, 6) is 0.266. The first kappa shape index (κ1) is 15.2. The molecule has 7 heteroatoms. The molecule has 114 valence electrons.